The van der Waals surface area contributed by atoms with E-state index in [0.717, 1.165) is 19.3 Å². The highest BCUT2D eigenvalue weighted by Gasteiger charge is 2.26. The Morgan fingerprint density at radius 1 is 1.33 bits per heavy atom. The van der Waals surface area contributed by atoms with Gasteiger partial charge in [-0.05, 0) is 19.3 Å². The van der Waals surface area contributed by atoms with Crippen molar-refractivity contribution < 1.29 is 8.42 Å². The third-order valence-corrected chi connectivity index (χ3v) is 4.22. The van der Waals surface area contributed by atoms with Crippen molar-refractivity contribution in [2.24, 2.45) is 0 Å². The highest BCUT2D eigenvalue weighted by atomic mass is 35.5. The molecule has 0 aromatic rings. The first-order chi connectivity index (χ1) is 5.67. The maximum atomic E-state index is 11.2. The molecule has 0 amide bonds. The average Bonchev–Trinajstić information content (AvgIpc) is 2.32. The molecule has 0 atom stereocenters. The van der Waals surface area contributed by atoms with Gasteiger partial charge in [-0.2, -0.15) is 0 Å². The fraction of sp³-hybridized carbons (Fsp3) is 1.00. The van der Waals surface area contributed by atoms with E-state index in [2.05, 4.69) is 0 Å². The van der Waals surface area contributed by atoms with Crippen molar-refractivity contribution in [1.29, 1.82) is 0 Å². The van der Waals surface area contributed by atoms with E-state index in [4.69, 9.17) is 11.6 Å². The molecule has 1 heterocycles. The van der Waals surface area contributed by atoms with Crippen LogP contribution in [-0.4, -0.2) is 37.4 Å². The molecular weight excluding hydrogens is 198 g/mol. The molecule has 1 aliphatic rings. The van der Waals surface area contributed by atoms with Gasteiger partial charge in [0.25, 0.3) is 0 Å². The van der Waals surface area contributed by atoms with Crippen LogP contribution in [0.15, 0.2) is 0 Å². The lowest BCUT2D eigenvalue weighted by atomic mass is 10.3. The van der Waals surface area contributed by atoms with Crippen molar-refractivity contribution >= 4 is 21.6 Å². The summed E-state index contributed by atoms with van der Waals surface area (Å²) in [5, 5.41) is 0. The Hall–Kier alpha value is 0.200. The lowest BCUT2D eigenvalue weighted by Gasteiger charge is -2.12. The number of nitrogens with zero attached hydrogens (tertiary/aromatic N) is 1. The van der Waals surface area contributed by atoms with Crippen LogP contribution in [-0.2, 0) is 10.0 Å². The predicted molar refractivity (Wildman–Crippen MR) is 49.9 cm³/mol. The fourth-order valence-corrected chi connectivity index (χ4v) is 3.08. The maximum absolute atomic E-state index is 11.2. The first-order valence-electron chi connectivity index (χ1n) is 4.20. The lowest BCUT2D eigenvalue weighted by molar-refractivity contribution is 0.434. The monoisotopic (exact) mass is 211 g/mol. The highest BCUT2D eigenvalue weighted by molar-refractivity contribution is 7.89. The van der Waals surface area contributed by atoms with Crippen LogP contribution < -0.4 is 0 Å². The minimum absolute atomic E-state index is 0.327. The summed E-state index contributed by atoms with van der Waals surface area (Å²) in [6.45, 7) is 1.35. The van der Waals surface area contributed by atoms with E-state index in [1.165, 1.54) is 0 Å². The molecule has 1 rings (SSSR count). The van der Waals surface area contributed by atoms with E-state index in [1.54, 1.807) is 4.31 Å². The van der Waals surface area contributed by atoms with Crippen molar-refractivity contribution in [3.8, 4) is 0 Å². The first kappa shape index (κ1) is 10.3. The van der Waals surface area contributed by atoms with Gasteiger partial charge in [-0.25, -0.2) is 12.7 Å². The Bertz CT molecular complexity index is 228. The Morgan fingerprint density at radius 2 is 2.08 bits per heavy atom. The average molecular weight is 212 g/mol. The molecule has 0 radical (unpaired) electrons. The highest BCUT2D eigenvalue weighted by Crippen LogP contribution is 2.13. The van der Waals surface area contributed by atoms with Gasteiger partial charge in [0.05, 0.1) is 5.75 Å². The second kappa shape index (κ2) is 4.44. The van der Waals surface area contributed by atoms with E-state index >= 15 is 0 Å². The van der Waals surface area contributed by atoms with E-state index < -0.39 is 10.0 Å². The molecule has 5 heteroatoms. The summed E-state index contributed by atoms with van der Waals surface area (Å²) in [5.74, 6) is 0.946. The van der Waals surface area contributed by atoms with Crippen molar-refractivity contribution in [3.05, 3.63) is 0 Å². The quantitative estimate of drug-likeness (QED) is 0.515. The number of hydrogen-bond acceptors (Lipinski definition) is 2. The zero-order chi connectivity index (χ0) is 9.03. The van der Waals surface area contributed by atoms with Crippen LogP contribution in [0.25, 0.3) is 0 Å². The fourth-order valence-electron chi connectivity index (χ4n) is 1.33. The van der Waals surface area contributed by atoms with Crippen molar-refractivity contribution in [2.45, 2.75) is 19.3 Å². The molecule has 1 aliphatic heterocycles. The van der Waals surface area contributed by atoms with Gasteiger partial charge in [-0.3, -0.25) is 0 Å². The summed E-state index contributed by atoms with van der Waals surface area (Å²) in [6.07, 6.45) is 2.56. The summed E-state index contributed by atoms with van der Waals surface area (Å²) >= 11 is 5.49. The van der Waals surface area contributed by atoms with Gasteiger partial charge in [0.2, 0.25) is 10.0 Å². The Labute approximate surface area is 78.7 Å². The van der Waals surface area contributed by atoms with E-state index in [1.807, 2.05) is 0 Å². The number of sulfonamides is 1. The van der Waals surface area contributed by atoms with Crippen molar-refractivity contribution in [3.63, 3.8) is 0 Å². The predicted octanol–water partition coefficient (Wildman–Crippen LogP) is 1.04. The molecule has 1 saturated heterocycles. The summed E-state index contributed by atoms with van der Waals surface area (Å²) in [7, 11) is -2.88. The van der Waals surface area contributed by atoms with Gasteiger partial charge >= 0.3 is 0 Å². The van der Waals surface area contributed by atoms with Crippen LogP contribution in [0.2, 0.25) is 0 Å². The number of rotatable bonds is 4. The molecule has 1 fully saturated rings. The standard InChI is InChI=1S/C7H14ClNO2S/c8-4-1-2-5-9-6-3-7-12(9,10)11/h1-7H2. The van der Waals surface area contributed by atoms with Crippen LogP contribution in [0.4, 0.5) is 0 Å². The Kier molecular flexibility index (Phi) is 3.80. The first-order valence-corrected chi connectivity index (χ1v) is 6.35. The largest absolute Gasteiger partial charge is 0.214 e. The van der Waals surface area contributed by atoms with E-state index in [0.29, 0.717) is 24.7 Å². The number of halogens is 1. The zero-order valence-electron chi connectivity index (χ0n) is 7.00. The topological polar surface area (TPSA) is 37.4 Å². The third kappa shape index (κ3) is 2.61. The molecular formula is C7H14ClNO2S. The summed E-state index contributed by atoms with van der Waals surface area (Å²) < 4.78 is 24.1. The maximum Gasteiger partial charge on any atom is 0.214 e. The number of hydrogen-bond donors (Lipinski definition) is 0. The zero-order valence-corrected chi connectivity index (χ0v) is 8.57. The van der Waals surface area contributed by atoms with Gasteiger partial charge in [-0.15, -0.1) is 11.6 Å². The second-order valence-corrected chi connectivity index (χ2v) is 5.43. The molecule has 0 saturated carbocycles. The van der Waals surface area contributed by atoms with E-state index in [9.17, 15) is 8.42 Å². The molecule has 0 spiro atoms. The van der Waals surface area contributed by atoms with E-state index in [-0.39, 0.29) is 0 Å². The molecule has 12 heavy (non-hydrogen) atoms. The second-order valence-electron chi connectivity index (χ2n) is 2.96. The van der Waals surface area contributed by atoms with Gasteiger partial charge in [0.1, 0.15) is 0 Å². The molecule has 0 aromatic heterocycles. The van der Waals surface area contributed by atoms with Crippen LogP contribution in [0.3, 0.4) is 0 Å². The van der Waals surface area contributed by atoms with Crippen LogP contribution in [0.1, 0.15) is 19.3 Å². The van der Waals surface area contributed by atoms with Crippen molar-refractivity contribution in [1.82, 2.24) is 4.31 Å². The molecule has 0 N–H and O–H groups in total. The Morgan fingerprint density at radius 3 is 2.58 bits per heavy atom. The SMILES string of the molecule is O=S1(=O)CCCN1CCCCCl. The Balaban J connectivity index is 2.32. The smallest absolute Gasteiger partial charge is 0.212 e. The minimum Gasteiger partial charge on any atom is -0.212 e. The van der Waals surface area contributed by atoms with Gasteiger partial charge in [0, 0.05) is 19.0 Å². The molecule has 0 aliphatic carbocycles. The molecule has 72 valence electrons. The van der Waals surface area contributed by atoms with Gasteiger partial charge < -0.3 is 0 Å². The van der Waals surface area contributed by atoms with Crippen LogP contribution in [0.5, 0.6) is 0 Å². The van der Waals surface area contributed by atoms with Crippen LogP contribution in [0, 0.1) is 0 Å². The molecule has 0 unspecified atom stereocenters. The normalized spacial score (nSPS) is 23.1. The number of alkyl halides is 1. The molecule has 0 aromatic carbocycles. The van der Waals surface area contributed by atoms with Crippen molar-refractivity contribution in [2.75, 3.05) is 24.7 Å². The summed E-state index contributed by atoms with van der Waals surface area (Å²) in [5.41, 5.74) is 0. The number of unbranched alkanes of at least 4 members (excludes halogenated alkanes) is 1. The molecule has 0 bridgehead atoms. The van der Waals surface area contributed by atoms with Gasteiger partial charge in [-0.1, -0.05) is 0 Å². The van der Waals surface area contributed by atoms with Crippen LogP contribution >= 0.6 is 11.6 Å². The lowest BCUT2D eigenvalue weighted by Crippen LogP contribution is -2.26. The molecule has 3 nitrogen and oxygen atoms in total. The third-order valence-electron chi connectivity index (χ3n) is 1.99. The van der Waals surface area contributed by atoms with Gasteiger partial charge in [0.15, 0.2) is 0 Å². The minimum atomic E-state index is -2.88. The summed E-state index contributed by atoms with van der Waals surface area (Å²) in [4.78, 5) is 0. The summed E-state index contributed by atoms with van der Waals surface area (Å²) in [6, 6.07) is 0.